The average Bonchev–Trinajstić information content (AvgIpc) is 3.30. The molecule has 4 aliphatic heterocycles. The van der Waals surface area contributed by atoms with Crippen molar-refractivity contribution in [1.82, 2.24) is 14.4 Å². The average molecular weight is 569 g/mol. The molecule has 42 heavy (non-hydrogen) atoms. The molecular weight excluding hydrogens is 536 g/mol. The largest absolute Gasteiger partial charge is 0.493 e. The minimum atomic E-state index is -0.644. The third-order valence-electron chi connectivity index (χ3n) is 9.11. The van der Waals surface area contributed by atoms with Gasteiger partial charge in [0.15, 0.2) is 11.5 Å². The second-order valence-corrected chi connectivity index (χ2v) is 11.4. The molecule has 0 N–H and O–H groups in total. The number of carbonyl (C=O) groups excluding carboxylic acids is 3. The summed E-state index contributed by atoms with van der Waals surface area (Å²) < 4.78 is 12.9. The van der Waals surface area contributed by atoms with Gasteiger partial charge in [0, 0.05) is 55.8 Å². The number of fused-ring (bicyclic) bond motifs is 9. The predicted octanol–water partition coefficient (Wildman–Crippen LogP) is 3.41. The van der Waals surface area contributed by atoms with E-state index in [1.54, 1.807) is 46.2 Å². The third kappa shape index (κ3) is 3.92. The number of piperidine rings is 1. The van der Waals surface area contributed by atoms with Crippen LogP contribution in [0, 0.1) is 5.92 Å². The number of anilines is 1. The van der Waals surface area contributed by atoms with Crippen molar-refractivity contribution in [2.75, 3.05) is 38.8 Å². The molecule has 0 spiro atoms. The first-order valence-corrected chi connectivity index (χ1v) is 14.4. The first-order chi connectivity index (χ1) is 20.4. The lowest BCUT2D eigenvalue weighted by atomic mass is 9.83. The van der Waals surface area contributed by atoms with Crippen LogP contribution in [-0.4, -0.2) is 65.9 Å². The molecule has 7 rings (SSSR count). The van der Waals surface area contributed by atoms with E-state index in [1.165, 1.54) is 14.2 Å². The number of amides is 3. The molecule has 4 aliphatic rings. The summed E-state index contributed by atoms with van der Waals surface area (Å²) in [6, 6.07) is 16.1. The maximum absolute atomic E-state index is 13.9. The molecule has 2 aromatic carbocycles. The summed E-state index contributed by atoms with van der Waals surface area (Å²) in [4.78, 5) is 58.7. The highest BCUT2D eigenvalue weighted by atomic mass is 16.5. The first kappa shape index (κ1) is 26.3. The Hall–Kier alpha value is -4.60. The Balaban J connectivity index is 1.12. The van der Waals surface area contributed by atoms with Gasteiger partial charge in [0.05, 0.1) is 31.0 Å². The van der Waals surface area contributed by atoms with Gasteiger partial charge in [-0.3, -0.25) is 24.1 Å². The smallest absolute Gasteiger partial charge is 0.264 e. The molecule has 5 heterocycles. The molecule has 3 unspecified atom stereocenters. The van der Waals surface area contributed by atoms with Gasteiger partial charge in [-0.1, -0.05) is 24.3 Å². The fourth-order valence-corrected chi connectivity index (χ4v) is 7.31. The Kier molecular flexibility index (Phi) is 6.29. The molecule has 0 aliphatic carbocycles. The van der Waals surface area contributed by atoms with Crippen molar-refractivity contribution < 1.29 is 23.9 Å². The Bertz CT molecular complexity index is 1680. The van der Waals surface area contributed by atoms with Gasteiger partial charge in [-0.05, 0) is 43.0 Å². The number of carbonyl (C=O) groups is 3. The fourth-order valence-electron chi connectivity index (χ4n) is 7.31. The highest BCUT2D eigenvalue weighted by Gasteiger charge is 2.49. The number of nitrogens with zero attached hydrogens (tertiary/aromatic N) is 4. The molecule has 1 fully saturated rings. The SMILES string of the molecule is COc1ccc2c(c1OC)C(=O)N1c3ccccc3C(=O)N(CCCC(=O)N3CC4CC(C3)c3cccc(=O)n3C4)C21. The molecule has 10 nitrogen and oxygen atoms in total. The Labute approximate surface area is 243 Å². The number of rotatable bonds is 6. The van der Waals surface area contributed by atoms with Gasteiger partial charge in [0.1, 0.15) is 6.17 Å². The monoisotopic (exact) mass is 568 g/mol. The van der Waals surface area contributed by atoms with Gasteiger partial charge < -0.3 is 23.8 Å². The van der Waals surface area contributed by atoms with Crippen LogP contribution in [0.3, 0.4) is 0 Å². The second kappa shape index (κ2) is 10.0. The molecule has 3 aromatic rings. The van der Waals surface area contributed by atoms with Crippen LogP contribution in [-0.2, 0) is 11.3 Å². The van der Waals surface area contributed by atoms with Crippen LogP contribution >= 0.6 is 0 Å². The molecule has 216 valence electrons. The van der Waals surface area contributed by atoms with E-state index in [0.717, 1.165) is 12.1 Å². The van der Waals surface area contributed by atoms with Gasteiger partial charge in [-0.2, -0.15) is 0 Å². The van der Waals surface area contributed by atoms with Crippen molar-refractivity contribution in [1.29, 1.82) is 0 Å². The van der Waals surface area contributed by atoms with Gasteiger partial charge in [-0.15, -0.1) is 0 Å². The zero-order chi connectivity index (χ0) is 29.1. The van der Waals surface area contributed by atoms with Crippen LogP contribution in [0.15, 0.2) is 59.4 Å². The van der Waals surface area contributed by atoms with Crippen molar-refractivity contribution in [3.05, 3.63) is 87.3 Å². The van der Waals surface area contributed by atoms with Gasteiger partial charge in [0.2, 0.25) is 5.91 Å². The van der Waals surface area contributed by atoms with Crippen LogP contribution in [0.4, 0.5) is 5.69 Å². The van der Waals surface area contributed by atoms with Gasteiger partial charge in [-0.25, -0.2) is 0 Å². The van der Waals surface area contributed by atoms with E-state index in [2.05, 4.69) is 0 Å². The number of methoxy groups -OCH3 is 2. The van der Waals surface area contributed by atoms with Crippen LogP contribution in [0.25, 0.3) is 0 Å². The lowest BCUT2D eigenvalue weighted by molar-refractivity contribution is -0.134. The predicted molar refractivity (Wildman–Crippen MR) is 154 cm³/mol. The molecule has 0 radical (unpaired) electrons. The third-order valence-corrected chi connectivity index (χ3v) is 9.11. The molecular formula is C32H32N4O6. The van der Waals surface area contributed by atoms with Crippen molar-refractivity contribution in [2.45, 2.75) is 37.9 Å². The standard InChI is InChI=1S/C32H32N4O6/c1-41-25-13-12-22-28(29(25)42-2)32(40)36-24-8-4-3-7-21(24)31(39)34(30(22)36)14-6-11-26(37)33-16-19-15-20(18-33)23-9-5-10-27(38)35(23)17-19/h3-5,7-10,12-13,19-20,30H,6,11,14-18H2,1-2H3. The van der Waals surface area contributed by atoms with E-state index in [0.29, 0.717) is 66.5 Å². The van der Waals surface area contributed by atoms with Gasteiger partial charge in [0.25, 0.3) is 17.4 Å². The topological polar surface area (TPSA) is 101 Å². The molecule has 3 atom stereocenters. The summed E-state index contributed by atoms with van der Waals surface area (Å²) in [5.41, 5.74) is 3.08. The van der Waals surface area contributed by atoms with E-state index >= 15 is 0 Å². The fraction of sp³-hybridized carbons (Fsp3) is 0.375. The van der Waals surface area contributed by atoms with E-state index < -0.39 is 6.17 Å². The number of hydrogen-bond acceptors (Lipinski definition) is 6. The van der Waals surface area contributed by atoms with Crippen LogP contribution in [0.2, 0.25) is 0 Å². The molecule has 1 aromatic heterocycles. The summed E-state index contributed by atoms with van der Waals surface area (Å²) in [6.07, 6.45) is 1.07. The lowest BCUT2D eigenvalue weighted by Crippen LogP contribution is -2.50. The summed E-state index contributed by atoms with van der Waals surface area (Å²) in [5.74, 6) is 0.802. The Morgan fingerprint density at radius 1 is 0.905 bits per heavy atom. The van der Waals surface area contributed by atoms with E-state index in [4.69, 9.17) is 9.47 Å². The zero-order valence-electron chi connectivity index (χ0n) is 23.6. The highest BCUT2D eigenvalue weighted by Crippen LogP contribution is 2.49. The summed E-state index contributed by atoms with van der Waals surface area (Å²) in [7, 11) is 3.02. The molecule has 3 amide bonds. The number of benzene rings is 2. The molecule has 0 saturated carbocycles. The van der Waals surface area contributed by atoms with Crippen molar-refractivity contribution >= 4 is 23.4 Å². The minimum Gasteiger partial charge on any atom is -0.493 e. The summed E-state index contributed by atoms with van der Waals surface area (Å²) in [6.45, 7) is 2.16. The quantitative estimate of drug-likeness (QED) is 0.452. The van der Waals surface area contributed by atoms with E-state index in [1.807, 2.05) is 27.7 Å². The van der Waals surface area contributed by atoms with Crippen molar-refractivity contribution in [3.63, 3.8) is 0 Å². The Morgan fingerprint density at radius 2 is 1.74 bits per heavy atom. The number of aromatic nitrogens is 1. The molecule has 1 saturated heterocycles. The number of pyridine rings is 1. The highest BCUT2D eigenvalue weighted by molar-refractivity contribution is 6.18. The van der Waals surface area contributed by atoms with Gasteiger partial charge >= 0.3 is 0 Å². The van der Waals surface area contributed by atoms with Crippen molar-refractivity contribution in [2.24, 2.45) is 5.92 Å². The Morgan fingerprint density at radius 3 is 2.55 bits per heavy atom. The maximum Gasteiger partial charge on any atom is 0.264 e. The number of likely N-dealkylation sites (tertiary alicyclic amines) is 1. The number of para-hydroxylation sites is 1. The van der Waals surface area contributed by atoms with E-state index in [-0.39, 0.29) is 41.5 Å². The van der Waals surface area contributed by atoms with Crippen LogP contribution in [0.1, 0.15) is 63.3 Å². The maximum atomic E-state index is 13.9. The lowest BCUT2D eigenvalue weighted by Gasteiger charge is -2.43. The van der Waals surface area contributed by atoms with Crippen LogP contribution in [0.5, 0.6) is 11.5 Å². The number of ether oxygens (including phenoxy) is 2. The minimum absolute atomic E-state index is 0.0202. The molecule has 10 heteroatoms. The van der Waals surface area contributed by atoms with Crippen molar-refractivity contribution in [3.8, 4) is 11.5 Å². The summed E-state index contributed by atoms with van der Waals surface area (Å²) in [5, 5.41) is 0. The molecule has 2 bridgehead atoms. The zero-order valence-corrected chi connectivity index (χ0v) is 23.6. The normalized spacial score (nSPS) is 21.9. The summed E-state index contributed by atoms with van der Waals surface area (Å²) >= 11 is 0. The van der Waals surface area contributed by atoms with Crippen LogP contribution < -0.4 is 19.9 Å². The van der Waals surface area contributed by atoms with E-state index in [9.17, 15) is 19.2 Å². The second-order valence-electron chi connectivity index (χ2n) is 11.4. The first-order valence-electron chi connectivity index (χ1n) is 14.4. The number of hydrogen-bond donors (Lipinski definition) is 0.